The van der Waals surface area contributed by atoms with Crippen LogP contribution in [0.3, 0.4) is 0 Å². The Hall–Kier alpha value is -1.48. The molecule has 0 aliphatic carbocycles. The highest BCUT2D eigenvalue weighted by molar-refractivity contribution is 6.32. The first-order valence-corrected chi connectivity index (χ1v) is 4.51. The molecule has 14 heavy (non-hydrogen) atoms. The number of methoxy groups -OCH3 is 1. The van der Waals surface area contributed by atoms with Crippen LogP contribution in [0, 0.1) is 0 Å². The lowest BCUT2D eigenvalue weighted by atomic mass is 10.1. The van der Waals surface area contributed by atoms with Crippen LogP contribution in [-0.2, 0) is 0 Å². The first-order chi connectivity index (χ1) is 6.81. The van der Waals surface area contributed by atoms with Gasteiger partial charge in [0.2, 0.25) is 0 Å². The van der Waals surface area contributed by atoms with Gasteiger partial charge in [0.1, 0.15) is 5.75 Å². The normalized spacial score (nSPS) is 10.1. The molecular weight excluding hydrogens is 200 g/mol. The zero-order valence-electron chi connectivity index (χ0n) is 7.62. The molecule has 0 radical (unpaired) electrons. The maximum atomic E-state index is 5.91. The van der Waals surface area contributed by atoms with Crippen molar-refractivity contribution in [1.82, 2.24) is 9.97 Å². The first-order valence-electron chi connectivity index (χ1n) is 4.13. The van der Waals surface area contributed by atoms with Gasteiger partial charge in [-0.05, 0) is 12.1 Å². The second kappa shape index (κ2) is 3.72. The maximum Gasteiger partial charge on any atom is 0.138 e. The van der Waals surface area contributed by atoms with Crippen molar-refractivity contribution in [2.45, 2.75) is 0 Å². The van der Waals surface area contributed by atoms with E-state index < -0.39 is 0 Å². The first kappa shape index (κ1) is 9.09. The van der Waals surface area contributed by atoms with Crippen molar-refractivity contribution in [2.75, 3.05) is 7.11 Å². The van der Waals surface area contributed by atoms with E-state index in [-0.39, 0.29) is 0 Å². The van der Waals surface area contributed by atoms with E-state index in [0.29, 0.717) is 10.8 Å². The molecule has 72 valence electrons. The minimum Gasteiger partial charge on any atom is -0.495 e. The maximum absolute atomic E-state index is 5.91. The summed E-state index contributed by atoms with van der Waals surface area (Å²) in [6.07, 6.45) is 3.39. The summed E-state index contributed by atoms with van der Waals surface area (Å²) in [6.45, 7) is 0. The van der Waals surface area contributed by atoms with Crippen molar-refractivity contribution in [3.05, 3.63) is 35.7 Å². The number of aromatic nitrogens is 2. The van der Waals surface area contributed by atoms with E-state index in [1.165, 1.54) is 0 Å². The summed E-state index contributed by atoms with van der Waals surface area (Å²) in [7, 11) is 1.60. The van der Waals surface area contributed by atoms with E-state index in [2.05, 4.69) is 9.97 Å². The van der Waals surface area contributed by atoms with Gasteiger partial charge in [-0.15, -0.1) is 0 Å². The number of rotatable bonds is 2. The van der Waals surface area contributed by atoms with Crippen LogP contribution in [-0.4, -0.2) is 17.1 Å². The highest BCUT2D eigenvalue weighted by atomic mass is 35.5. The molecule has 0 saturated carbocycles. The van der Waals surface area contributed by atoms with Crippen molar-refractivity contribution in [3.8, 4) is 17.0 Å². The van der Waals surface area contributed by atoms with Gasteiger partial charge in [0, 0.05) is 5.56 Å². The molecule has 0 amide bonds. The number of aromatic amines is 1. The monoisotopic (exact) mass is 208 g/mol. The van der Waals surface area contributed by atoms with E-state index >= 15 is 0 Å². The van der Waals surface area contributed by atoms with E-state index in [1.54, 1.807) is 25.7 Å². The fourth-order valence-corrected chi connectivity index (χ4v) is 1.44. The largest absolute Gasteiger partial charge is 0.495 e. The predicted molar refractivity (Wildman–Crippen MR) is 55.6 cm³/mol. The molecule has 0 aliphatic heterocycles. The molecule has 2 rings (SSSR count). The van der Waals surface area contributed by atoms with Gasteiger partial charge in [-0.1, -0.05) is 17.7 Å². The number of hydrogen-bond acceptors (Lipinski definition) is 2. The fourth-order valence-electron chi connectivity index (χ4n) is 1.24. The Morgan fingerprint density at radius 3 is 2.93 bits per heavy atom. The average molecular weight is 209 g/mol. The molecular formula is C10H9ClN2O. The number of benzene rings is 1. The summed E-state index contributed by atoms with van der Waals surface area (Å²) in [5.41, 5.74) is 1.95. The Labute approximate surface area is 86.7 Å². The molecule has 1 aromatic heterocycles. The lowest BCUT2D eigenvalue weighted by Crippen LogP contribution is -1.85. The topological polar surface area (TPSA) is 37.9 Å². The Bertz CT molecular complexity index is 426. The predicted octanol–water partition coefficient (Wildman–Crippen LogP) is 2.74. The minimum absolute atomic E-state index is 0.607. The van der Waals surface area contributed by atoms with Crippen LogP contribution in [0.4, 0.5) is 0 Å². The molecule has 3 nitrogen and oxygen atoms in total. The van der Waals surface area contributed by atoms with Crippen LogP contribution in [0.2, 0.25) is 5.02 Å². The van der Waals surface area contributed by atoms with Gasteiger partial charge in [0.25, 0.3) is 0 Å². The van der Waals surface area contributed by atoms with Crippen molar-refractivity contribution in [1.29, 1.82) is 0 Å². The van der Waals surface area contributed by atoms with E-state index in [9.17, 15) is 0 Å². The van der Waals surface area contributed by atoms with Crippen LogP contribution in [0.5, 0.6) is 5.75 Å². The lowest BCUT2D eigenvalue weighted by molar-refractivity contribution is 0.415. The van der Waals surface area contributed by atoms with E-state index in [1.807, 2.05) is 12.1 Å². The Morgan fingerprint density at radius 1 is 1.43 bits per heavy atom. The van der Waals surface area contributed by atoms with E-state index in [4.69, 9.17) is 16.3 Å². The highest BCUT2D eigenvalue weighted by Crippen LogP contribution is 2.29. The molecule has 0 atom stereocenters. The van der Waals surface area contributed by atoms with Gasteiger partial charge >= 0.3 is 0 Å². The van der Waals surface area contributed by atoms with Gasteiger partial charge < -0.3 is 9.72 Å². The summed E-state index contributed by atoms with van der Waals surface area (Å²) < 4.78 is 5.12. The van der Waals surface area contributed by atoms with Crippen molar-refractivity contribution in [2.24, 2.45) is 0 Å². The van der Waals surface area contributed by atoms with Crippen LogP contribution in [0.1, 0.15) is 0 Å². The number of H-pyrrole nitrogens is 1. The van der Waals surface area contributed by atoms with Gasteiger partial charge in [0.05, 0.1) is 30.4 Å². The van der Waals surface area contributed by atoms with Gasteiger partial charge in [-0.2, -0.15) is 0 Å². The third-order valence-electron chi connectivity index (χ3n) is 1.96. The number of nitrogens with zero attached hydrogens (tertiary/aromatic N) is 1. The molecule has 0 fully saturated rings. The SMILES string of the molecule is COc1cc(-c2cnc[nH]2)ccc1Cl. The quantitative estimate of drug-likeness (QED) is 0.824. The molecule has 2 aromatic rings. The number of ether oxygens (including phenoxy) is 1. The highest BCUT2D eigenvalue weighted by Gasteiger charge is 2.04. The molecule has 0 saturated heterocycles. The summed E-state index contributed by atoms with van der Waals surface area (Å²) in [5.74, 6) is 0.666. The molecule has 0 spiro atoms. The molecule has 1 heterocycles. The van der Waals surface area contributed by atoms with Crippen LogP contribution >= 0.6 is 11.6 Å². The molecule has 0 bridgehead atoms. The Morgan fingerprint density at radius 2 is 2.29 bits per heavy atom. The van der Waals surface area contributed by atoms with E-state index in [0.717, 1.165) is 11.3 Å². The third kappa shape index (κ3) is 1.59. The molecule has 4 heteroatoms. The summed E-state index contributed by atoms with van der Waals surface area (Å²) in [5, 5.41) is 0.607. The zero-order chi connectivity index (χ0) is 9.97. The summed E-state index contributed by atoms with van der Waals surface area (Å²) in [6, 6.07) is 5.59. The number of halogens is 1. The summed E-state index contributed by atoms with van der Waals surface area (Å²) >= 11 is 5.91. The summed E-state index contributed by atoms with van der Waals surface area (Å²) in [4.78, 5) is 6.96. The third-order valence-corrected chi connectivity index (χ3v) is 2.27. The molecule has 0 aliphatic rings. The van der Waals surface area contributed by atoms with Crippen LogP contribution < -0.4 is 4.74 Å². The van der Waals surface area contributed by atoms with Gasteiger partial charge in [-0.25, -0.2) is 4.98 Å². The second-order valence-corrected chi connectivity index (χ2v) is 3.22. The fraction of sp³-hybridized carbons (Fsp3) is 0.100. The zero-order valence-corrected chi connectivity index (χ0v) is 8.38. The second-order valence-electron chi connectivity index (χ2n) is 2.81. The van der Waals surface area contributed by atoms with Crippen molar-refractivity contribution < 1.29 is 4.74 Å². The number of hydrogen-bond donors (Lipinski definition) is 1. The van der Waals surface area contributed by atoms with Crippen LogP contribution in [0.15, 0.2) is 30.7 Å². The molecule has 1 N–H and O–H groups in total. The van der Waals surface area contributed by atoms with Gasteiger partial charge in [0.15, 0.2) is 0 Å². The number of nitrogens with one attached hydrogen (secondary N) is 1. The smallest absolute Gasteiger partial charge is 0.138 e. The van der Waals surface area contributed by atoms with Gasteiger partial charge in [-0.3, -0.25) is 0 Å². The molecule has 0 unspecified atom stereocenters. The molecule has 1 aromatic carbocycles. The average Bonchev–Trinajstić information content (AvgIpc) is 2.71. The number of imidazole rings is 1. The van der Waals surface area contributed by atoms with Crippen LogP contribution in [0.25, 0.3) is 11.3 Å². The van der Waals surface area contributed by atoms with Crippen molar-refractivity contribution >= 4 is 11.6 Å². The Balaban J connectivity index is 2.46. The standard InChI is InChI=1S/C10H9ClN2O/c1-14-10-4-7(2-3-8(10)11)9-5-12-6-13-9/h2-6H,1H3,(H,12,13). The lowest BCUT2D eigenvalue weighted by Gasteiger charge is -2.04. The van der Waals surface area contributed by atoms with Crippen molar-refractivity contribution in [3.63, 3.8) is 0 Å². The Kier molecular flexibility index (Phi) is 2.41. The minimum atomic E-state index is 0.607.